The molecule has 4 nitrogen and oxygen atoms in total. The molecular weight excluding hydrogens is 190 g/mol. The van der Waals surface area contributed by atoms with Gasteiger partial charge < -0.3 is 11.1 Å². The van der Waals surface area contributed by atoms with Gasteiger partial charge in [-0.05, 0) is 32.1 Å². The van der Waals surface area contributed by atoms with Crippen molar-refractivity contribution in [2.45, 2.75) is 51.1 Å². The van der Waals surface area contributed by atoms with E-state index in [1.54, 1.807) is 6.92 Å². The molecule has 1 amide bonds. The van der Waals surface area contributed by atoms with Crippen LogP contribution in [0.3, 0.4) is 0 Å². The summed E-state index contributed by atoms with van der Waals surface area (Å²) in [5.74, 6) is 0.198. The van der Waals surface area contributed by atoms with Gasteiger partial charge in [-0.1, -0.05) is 6.92 Å². The van der Waals surface area contributed by atoms with Crippen molar-refractivity contribution in [3.8, 4) is 6.07 Å². The minimum absolute atomic E-state index is 0.0656. The summed E-state index contributed by atoms with van der Waals surface area (Å²) in [4.78, 5) is 11.8. The van der Waals surface area contributed by atoms with Crippen molar-refractivity contribution < 1.29 is 4.79 Å². The maximum Gasteiger partial charge on any atom is 0.240 e. The van der Waals surface area contributed by atoms with E-state index in [4.69, 9.17) is 11.0 Å². The fraction of sp³-hybridized carbons (Fsp3) is 0.818. The Morgan fingerprint density at radius 3 is 2.73 bits per heavy atom. The van der Waals surface area contributed by atoms with Crippen LogP contribution in [-0.4, -0.2) is 17.5 Å². The topological polar surface area (TPSA) is 78.9 Å². The molecule has 0 aromatic heterocycles. The zero-order valence-electron chi connectivity index (χ0n) is 9.42. The van der Waals surface area contributed by atoms with Gasteiger partial charge in [0, 0.05) is 6.04 Å². The van der Waals surface area contributed by atoms with Crippen LogP contribution >= 0.6 is 0 Å². The van der Waals surface area contributed by atoms with Crippen LogP contribution < -0.4 is 11.1 Å². The number of amides is 1. The van der Waals surface area contributed by atoms with Gasteiger partial charge in [0.15, 0.2) is 0 Å². The molecule has 0 saturated heterocycles. The Hall–Kier alpha value is -1.08. The summed E-state index contributed by atoms with van der Waals surface area (Å²) in [6.45, 7) is 3.73. The van der Waals surface area contributed by atoms with E-state index in [9.17, 15) is 4.79 Å². The number of carbonyl (C=O) groups excluding carboxylic acids is 1. The molecule has 4 heteroatoms. The molecule has 0 aromatic carbocycles. The van der Waals surface area contributed by atoms with Crippen molar-refractivity contribution in [3.05, 3.63) is 0 Å². The molecule has 0 spiro atoms. The van der Waals surface area contributed by atoms with E-state index in [1.165, 1.54) is 0 Å². The van der Waals surface area contributed by atoms with Gasteiger partial charge in [0.05, 0.1) is 18.0 Å². The zero-order chi connectivity index (χ0) is 11.5. The number of nitrogens with zero attached hydrogens (tertiary/aromatic N) is 1. The normalized spacial score (nSPS) is 21.2. The van der Waals surface area contributed by atoms with Crippen LogP contribution in [0.1, 0.15) is 39.5 Å². The molecule has 1 aliphatic carbocycles. The van der Waals surface area contributed by atoms with Crippen molar-refractivity contribution in [1.82, 2.24) is 5.32 Å². The van der Waals surface area contributed by atoms with Crippen LogP contribution in [0.4, 0.5) is 0 Å². The van der Waals surface area contributed by atoms with Crippen molar-refractivity contribution in [3.63, 3.8) is 0 Å². The SMILES string of the molecule is CCC(CC#N)NC(=O)C(C)(N)C1CC1. The Balaban J connectivity index is 2.49. The predicted molar refractivity (Wildman–Crippen MR) is 57.8 cm³/mol. The minimum Gasteiger partial charge on any atom is -0.351 e. The summed E-state index contributed by atoms with van der Waals surface area (Å²) >= 11 is 0. The Labute approximate surface area is 90.8 Å². The van der Waals surface area contributed by atoms with Gasteiger partial charge in [0.2, 0.25) is 5.91 Å². The van der Waals surface area contributed by atoms with Crippen molar-refractivity contribution in [2.24, 2.45) is 11.7 Å². The number of nitrogens with one attached hydrogen (secondary N) is 1. The van der Waals surface area contributed by atoms with E-state index < -0.39 is 5.54 Å². The van der Waals surface area contributed by atoms with E-state index in [-0.39, 0.29) is 11.9 Å². The van der Waals surface area contributed by atoms with Crippen LogP contribution in [0.15, 0.2) is 0 Å². The first-order valence-electron chi connectivity index (χ1n) is 5.49. The van der Waals surface area contributed by atoms with E-state index in [2.05, 4.69) is 11.4 Å². The maximum atomic E-state index is 11.8. The Morgan fingerprint density at radius 2 is 2.33 bits per heavy atom. The number of nitrogens with two attached hydrogens (primary N) is 1. The van der Waals surface area contributed by atoms with Crippen LogP contribution in [0.2, 0.25) is 0 Å². The van der Waals surface area contributed by atoms with Gasteiger partial charge in [-0.2, -0.15) is 5.26 Å². The molecular formula is C11H19N3O. The summed E-state index contributed by atoms with van der Waals surface area (Å²) in [7, 11) is 0. The lowest BCUT2D eigenvalue weighted by Gasteiger charge is -2.25. The fourth-order valence-electron chi connectivity index (χ4n) is 1.62. The molecule has 84 valence electrons. The average Bonchev–Trinajstić information content (AvgIpc) is 3.00. The second-order valence-corrected chi connectivity index (χ2v) is 4.50. The lowest BCUT2D eigenvalue weighted by atomic mass is 9.95. The Bertz CT molecular complexity index is 276. The molecule has 0 heterocycles. The molecule has 1 aliphatic rings. The first-order valence-corrected chi connectivity index (χ1v) is 5.49. The highest BCUT2D eigenvalue weighted by atomic mass is 16.2. The monoisotopic (exact) mass is 209 g/mol. The molecule has 2 atom stereocenters. The number of hydrogen-bond acceptors (Lipinski definition) is 3. The molecule has 2 unspecified atom stereocenters. The van der Waals surface area contributed by atoms with Crippen LogP contribution in [0.25, 0.3) is 0 Å². The van der Waals surface area contributed by atoms with Gasteiger partial charge in [-0.15, -0.1) is 0 Å². The van der Waals surface area contributed by atoms with Gasteiger partial charge in [0.1, 0.15) is 0 Å². The lowest BCUT2D eigenvalue weighted by molar-refractivity contribution is -0.127. The first-order chi connectivity index (χ1) is 7.02. The fourth-order valence-corrected chi connectivity index (χ4v) is 1.62. The predicted octanol–water partition coefficient (Wildman–Crippen LogP) is 0.922. The van der Waals surface area contributed by atoms with Crippen LogP contribution in [-0.2, 0) is 4.79 Å². The van der Waals surface area contributed by atoms with E-state index in [1.807, 2.05) is 6.92 Å². The molecule has 1 fully saturated rings. The van der Waals surface area contributed by atoms with Crippen molar-refractivity contribution >= 4 is 5.91 Å². The molecule has 3 N–H and O–H groups in total. The highest BCUT2D eigenvalue weighted by Crippen LogP contribution is 2.38. The summed E-state index contributed by atoms with van der Waals surface area (Å²) in [6, 6.07) is 2.00. The van der Waals surface area contributed by atoms with E-state index >= 15 is 0 Å². The molecule has 1 saturated carbocycles. The summed E-state index contributed by atoms with van der Waals surface area (Å²) in [5, 5.41) is 11.4. The molecule has 0 radical (unpaired) electrons. The molecule has 15 heavy (non-hydrogen) atoms. The summed E-state index contributed by atoms with van der Waals surface area (Å²) < 4.78 is 0. The number of rotatable bonds is 5. The standard InChI is InChI=1S/C11H19N3O/c1-3-9(6-7-12)14-10(15)11(2,13)8-4-5-8/h8-9H,3-6,13H2,1-2H3,(H,14,15). The minimum atomic E-state index is -0.761. The first kappa shape index (κ1) is 12.0. The lowest BCUT2D eigenvalue weighted by Crippen LogP contribution is -2.55. The molecule has 0 bridgehead atoms. The van der Waals surface area contributed by atoms with Gasteiger partial charge in [-0.25, -0.2) is 0 Å². The van der Waals surface area contributed by atoms with E-state index in [0.29, 0.717) is 12.3 Å². The number of hydrogen-bond donors (Lipinski definition) is 2. The maximum absolute atomic E-state index is 11.8. The van der Waals surface area contributed by atoms with Gasteiger partial charge in [-0.3, -0.25) is 4.79 Å². The Morgan fingerprint density at radius 1 is 1.73 bits per heavy atom. The van der Waals surface area contributed by atoms with Crippen LogP contribution in [0, 0.1) is 17.2 Å². The summed E-state index contributed by atoms with van der Waals surface area (Å²) in [6.07, 6.45) is 3.19. The smallest absolute Gasteiger partial charge is 0.240 e. The molecule has 0 aliphatic heterocycles. The van der Waals surface area contributed by atoms with E-state index in [0.717, 1.165) is 19.3 Å². The second kappa shape index (κ2) is 4.63. The number of nitriles is 1. The molecule has 0 aromatic rings. The highest BCUT2D eigenvalue weighted by molar-refractivity contribution is 5.86. The third-order valence-electron chi connectivity index (χ3n) is 3.08. The molecule has 1 rings (SSSR count). The van der Waals surface area contributed by atoms with Gasteiger partial charge >= 0.3 is 0 Å². The Kier molecular flexibility index (Phi) is 3.70. The zero-order valence-corrected chi connectivity index (χ0v) is 9.42. The number of carbonyl (C=O) groups is 1. The van der Waals surface area contributed by atoms with Crippen molar-refractivity contribution in [1.29, 1.82) is 5.26 Å². The van der Waals surface area contributed by atoms with Gasteiger partial charge in [0.25, 0.3) is 0 Å². The van der Waals surface area contributed by atoms with Crippen molar-refractivity contribution in [2.75, 3.05) is 0 Å². The summed E-state index contributed by atoms with van der Waals surface area (Å²) in [5.41, 5.74) is 5.21. The average molecular weight is 209 g/mol. The highest BCUT2D eigenvalue weighted by Gasteiger charge is 2.44. The third-order valence-corrected chi connectivity index (χ3v) is 3.08. The quantitative estimate of drug-likeness (QED) is 0.706. The second-order valence-electron chi connectivity index (χ2n) is 4.50. The third kappa shape index (κ3) is 2.93. The largest absolute Gasteiger partial charge is 0.351 e. The van der Waals surface area contributed by atoms with Crippen LogP contribution in [0.5, 0.6) is 0 Å².